The third-order valence-electron chi connectivity index (χ3n) is 1.69. The molecule has 0 bridgehead atoms. The van der Waals surface area contributed by atoms with Crippen molar-refractivity contribution < 1.29 is 9.59 Å². The quantitative estimate of drug-likeness (QED) is 0.491. The predicted octanol–water partition coefficient (Wildman–Crippen LogP) is -0.743. The van der Waals surface area contributed by atoms with Crippen molar-refractivity contribution in [2.45, 2.75) is 19.9 Å². The van der Waals surface area contributed by atoms with Gasteiger partial charge in [0.25, 0.3) is 0 Å². The largest absolute Gasteiger partial charge is 0.297 e. The third kappa shape index (κ3) is 1.77. The van der Waals surface area contributed by atoms with Crippen LogP contribution in [0.2, 0.25) is 0 Å². The summed E-state index contributed by atoms with van der Waals surface area (Å²) < 4.78 is 0. The molecule has 1 unspecified atom stereocenters. The number of hydrogen-bond donors (Lipinski definition) is 2. The molecule has 11 heavy (non-hydrogen) atoms. The first-order valence-corrected chi connectivity index (χ1v) is 3.68. The van der Waals surface area contributed by atoms with E-state index in [2.05, 4.69) is 10.6 Å². The Kier molecular flexibility index (Phi) is 2.24. The Morgan fingerprint density at radius 1 is 1.45 bits per heavy atom. The zero-order valence-corrected chi connectivity index (χ0v) is 6.68. The molecule has 0 aromatic rings. The highest BCUT2D eigenvalue weighted by molar-refractivity contribution is 6.01. The van der Waals surface area contributed by atoms with E-state index in [0.29, 0.717) is 0 Å². The summed E-state index contributed by atoms with van der Waals surface area (Å²) in [5.41, 5.74) is 0. The Hall–Kier alpha value is -0.900. The molecule has 1 fully saturated rings. The van der Waals surface area contributed by atoms with E-state index in [1.807, 2.05) is 13.8 Å². The Labute approximate surface area is 65.3 Å². The summed E-state index contributed by atoms with van der Waals surface area (Å²) in [6, 6.07) is -0.215. The maximum absolute atomic E-state index is 11.1. The number of carbonyl (C=O) groups excluding carboxylic acids is 2. The second-order valence-corrected chi connectivity index (χ2v) is 3.02. The molecule has 4 heteroatoms. The Balaban J connectivity index is 2.57. The van der Waals surface area contributed by atoms with Crippen LogP contribution in [0.3, 0.4) is 0 Å². The van der Waals surface area contributed by atoms with Crippen LogP contribution in [0.5, 0.6) is 0 Å². The van der Waals surface area contributed by atoms with Crippen LogP contribution in [0.15, 0.2) is 0 Å². The summed E-state index contributed by atoms with van der Waals surface area (Å²) >= 11 is 0. The van der Waals surface area contributed by atoms with E-state index < -0.39 is 0 Å². The van der Waals surface area contributed by atoms with Crippen LogP contribution in [-0.4, -0.2) is 24.4 Å². The summed E-state index contributed by atoms with van der Waals surface area (Å²) in [6.07, 6.45) is 0. The van der Waals surface area contributed by atoms with E-state index >= 15 is 0 Å². The molecule has 0 aromatic carbocycles. The molecule has 2 N–H and O–H groups in total. The van der Waals surface area contributed by atoms with Gasteiger partial charge in [-0.1, -0.05) is 13.8 Å². The predicted molar refractivity (Wildman–Crippen MR) is 39.8 cm³/mol. The van der Waals surface area contributed by atoms with E-state index in [-0.39, 0.29) is 30.3 Å². The van der Waals surface area contributed by atoms with Crippen LogP contribution in [0.25, 0.3) is 0 Å². The third-order valence-corrected chi connectivity index (χ3v) is 1.69. The molecule has 1 heterocycles. The van der Waals surface area contributed by atoms with Crippen LogP contribution in [-0.2, 0) is 9.59 Å². The Morgan fingerprint density at radius 3 is 2.55 bits per heavy atom. The zero-order valence-electron chi connectivity index (χ0n) is 6.68. The van der Waals surface area contributed by atoms with Crippen molar-refractivity contribution in [3.05, 3.63) is 0 Å². The number of piperazine rings is 1. The van der Waals surface area contributed by atoms with Crippen LogP contribution >= 0.6 is 0 Å². The fourth-order valence-corrected chi connectivity index (χ4v) is 1.09. The van der Waals surface area contributed by atoms with Gasteiger partial charge in [-0.25, -0.2) is 0 Å². The molecule has 2 amide bonds. The molecule has 62 valence electrons. The lowest BCUT2D eigenvalue weighted by Crippen LogP contribution is -2.57. The minimum absolute atomic E-state index is 0.212. The first-order valence-electron chi connectivity index (χ1n) is 3.68. The van der Waals surface area contributed by atoms with Gasteiger partial charge in [0.15, 0.2) is 0 Å². The minimum Gasteiger partial charge on any atom is -0.297 e. The number of amides is 2. The van der Waals surface area contributed by atoms with Gasteiger partial charge in [-0.15, -0.1) is 0 Å². The average Bonchev–Trinajstić information content (AvgIpc) is 1.85. The first-order chi connectivity index (χ1) is 5.11. The van der Waals surface area contributed by atoms with E-state index in [1.54, 1.807) is 0 Å². The standard InChI is InChI=1S/C7H12N2O2/c1-4(2)6-7(11)9-5(10)3-8-6/h4,6,8H,3H2,1-2H3,(H,9,10,11). The van der Waals surface area contributed by atoms with Crippen LogP contribution in [0, 0.1) is 5.92 Å². The molecule has 0 aliphatic carbocycles. The van der Waals surface area contributed by atoms with E-state index in [9.17, 15) is 9.59 Å². The van der Waals surface area contributed by atoms with Gasteiger partial charge in [0, 0.05) is 0 Å². The normalized spacial score (nSPS) is 25.5. The number of carbonyl (C=O) groups is 2. The minimum atomic E-state index is -0.244. The van der Waals surface area contributed by atoms with E-state index in [1.165, 1.54) is 0 Å². The van der Waals surface area contributed by atoms with Gasteiger partial charge in [0.2, 0.25) is 11.8 Å². The van der Waals surface area contributed by atoms with Crippen LogP contribution in [0.1, 0.15) is 13.8 Å². The maximum atomic E-state index is 11.1. The number of nitrogens with one attached hydrogen (secondary N) is 2. The van der Waals surface area contributed by atoms with Gasteiger partial charge >= 0.3 is 0 Å². The fourth-order valence-electron chi connectivity index (χ4n) is 1.09. The smallest absolute Gasteiger partial charge is 0.243 e. The maximum Gasteiger partial charge on any atom is 0.243 e. The highest BCUT2D eigenvalue weighted by Gasteiger charge is 2.27. The van der Waals surface area contributed by atoms with Crippen molar-refractivity contribution in [3.63, 3.8) is 0 Å². The Morgan fingerprint density at radius 2 is 2.09 bits per heavy atom. The molecule has 0 spiro atoms. The molecule has 1 aliphatic heterocycles. The summed E-state index contributed by atoms with van der Waals surface area (Å²) in [7, 11) is 0. The molecule has 0 saturated carbocycles. The molecular formula is C7H12N2O2. The lowest BCUT2D eigenvalue weighted by atomic mass is 10.0. The topological polar surface area (TPSA) is 58.2 Å². The molecule has 1 saturated heterocycles. The van der Waals surface area contributed by atoms with Crippen molar-refractivity contribution >= 4 is 11.8 Å². The van der Waals surface area contributed by atoms with Gasteiger partial charge in [-0.05, 0) is 5.92 Å². The molecule has 0 aromatic heterocycles. The SMILES string of the molecule is CC(C)C1NCC(=O)NC1=O. The second kappa shape index (κ2) is 3.00. The molecule has 1 atom stereocenters. The molecule has 1 rings (SSSR count). The van der Waals surface area contributed by atoms with Gasteiger partial charge in [0.05, 0.1) is 12.6 Å². The van der Waals surface area contributed by atoms with E-state index in [4.69, 9.17) is 0 Å². The van der Waals surface area contributed by atoms with Crippen molar-refractivity contribution in [2.75, 3.05) is 6.54 Å². The lowest BCUT2D eigenvalue weighted by Gasteiger charge is -2.24. The van der Waals surface area contributed by atoms with Crippen molar-refractivity contribution in [3.8, 4) is 0 Å². The molecule has 0 radical (unpaired) electrons. The molecular weight excluding hydrogens is 144 g/mol. The number of hydrogen-bond acceptors (Lipinski definition) is 3. The van der Waals surface area contributed by atoms with Gasteiger partial charge < -0.3 is 0 Å². The van der Waals surface area contributed by atoms with Gasteiger partial charge in [0.1, 0.15) is 0 Å². The summed E-state index contributed by atoms with van der Waals surface area (Å²) in [5.74, 6) is -0.230. The summed E-state index contributed by atoms with van der Waals surface area (Å²) in [6.45, 7) is 4.12. The highest BCUT2D eigenvalue weighted by atomic mass is 16.2. The number of imide groups is 1. The van der Waals surface area contributed by atoms with Gasteiger partial charge in [-0.3, -0.25) is 20.2 Å². The Bertz CT molecular complexity index is 189. The summed E-state index contributed by atoms with van der Waals surface area (Å²) in [4.78, 5) is 21.7. The van der Waals surface area contributed by atoms with Crippen LogP contribution < -0.4 is 10.6 Å². The second-order valence-electron chi connectivity index (χ2n) is 3.02. The van der Waals surface area contributed by atoms with E-state index in [0.717, 1.165) is 0 Å². The van der Waals surface area contributed by atoms with Crippen molar-refractivity contribution in [2.24, 2.45) is 5.92 Å². The van der Waals surface area contributed by atoms with Crippen molar-refractivity contribution in [1.29, 1.82) is 0 Å². The lowest BCUT2D eigenvalue weighted by molar-refractivity contribution is -0.135. The van der Waals surface area contributed by atoms with Crippen molar-refractivity contribution in [1.82, 2.24) is 10.6 Å². The average molecular weight is 156 g/mol. The molecule has 4 nitrogen and oxygen atoms in total. The zero-order chi connectivity index (χ0) is 8.43. The van der Waals surface area contributed by atoms with Gasteiger partial charge in [-0.2, -0.15) is 0 Å². The summed E-state index contributed by atoms with van der Waals surface area (Å²) in [5, 5.41) is 5.13. The van der Waals surface area contributed by atoms with Crippen LogP contribution in [0.4, 0.5) is 0 Å². The first kappa shape index (κ1) is 8.20. The number of rotatable bonds is 1. The molecule has 1 aliphatic rings. The highest BCUT2D eigenvalue weighted by Crippen LogP contribution is 2.03. The monoisotopic (exact) mass is 156 g/mol. The fraction of sp³-hybridized carbons (Fsp3) is 0.714.